The Bertz CT molecular complexity index is 86.5. The van der Waals surface area contributed by atoms with E-state index in [2.05, 4.69) is 11.8 Å². The van der Waals surface area contributed by atoms with E-state index in [1.165, 1.54) is 12.2 Å². The number of thioether (sulfide) groups is 1. The summed E-state index contributed by atoms with van der Waals surface area (Å²) >= 11 is 1.94. The van der Waals surface area contributed by atoms with Crippen molar-refractivity contribution >= 4 is 11.8 Å². The van der Waals surface area contributed by atoms with Gasteiger partial charge in [0.25, 0.3) is 0 Å². The molecule has 0 aromatic heterocycles. The maximum Gasteiger partial charge on any atom is 0.0547 e. The minimum atomic E-state index is 1.06. The van der Waals surface area contributed by atoms with Crippen LogP contribution in [0.3, 0.4) is 0 Å². The highest BCUT2D eigenvalue weighted by Crippen LogP contribution is 2.05. The summed E-state index contributed by atoms with van der Waals surface area (Å²) in [7, 11) is 0. The zero-order chi connectivity index (χ0) is 4.95. The topological polar surface area (TPSA) is 0 Å². The molecule has 0 fully saturated rings. The van der Waals surface area contributed by atoms with Crippen LogP contribution < -0.4 is 0 Å². The monoisotopic (exact) mass is 112 g/mol. The molecular weight excluding hydrogens is 104 g/mol. The van der Waals surface area contributed by atoms with E-state index in [0.29, 0.717) is 0 Å². The lowest BCUT2D eigenvalue weighted by Crippen LogP contribution is -1.73. The van der Waals surface area contributed by atoms with Gasteiger partial charge in [-0.15, -0.1) is 17.7 Å². The van der Waals surface area contributed by atoms with Gasteiger partial charge in [0.1, 0.15) is 0 Å². The van der Waals surface area contributed by atoms with Gasteiger partial charge in [-0.2, -0.15) is 0 Å². The van der Waals surface area contributed by atoms with Gasteiger partial charge >= 0.3 is 0 Å². The van der Waals surface area contributed by atoms with Crippen molar-refractivity contribution in [1.29, 1.82) is 0 Å². The summed E-state index contributed by atoms with van der Waals surface area (Å²) in [5.74, 6) is 8.48. The Kier molecular flexibility index (Phi) is 2.15. The van der Waals surface area contributed by atoms with Gasteiger partial charge in [0.15, 0.2) is 0 Å². The van der Waals surface area contributed by atoms with Crippen LogP contribution in [0.4, 0.5) is 0 Å². The third kappa shape index (κ3) is 1.89. The first-order valence-electron chi connectivity index (χ1n) is 2.53. The van der Waals surface area contributed by atoms with Crippen molar-refractivity contribution in [2.45, 2.75) is 12.8 Å². The normalized spacial score (nSPS) is 19.4. The molecule has 0 saturated carbocycles. The van der Waals surface area contributed by atoms with Crippen molar-refractivity contribution in [1.82, 2.24) is 0 Å². The van der Waals surface area contributed by atoms with Gasteiger partial charge in [0.05, 0.1) is 5.75 Å². The second-order valence-corrected chi connectivity index (χ2v) is 2.61. The van der Waals surface area contributed by atoms with Crippen LogP contribution in [0.1, 0.15) is 12.8 Å². The Balaban J connectivity index is 2.26. The smallest absolute Gasteiger partial charge is 0.0547 e. The van der Waals surface area contributed by atoms with Gasteiger partial charge in [0, 0.05) is 6.42 Å². The molecule has 1 aliphatic rings. The van der Waals surface area contributed by atoms with Crippen LogP contribution in [0.25, 0.3) is 0 Å². The largest absolute Gasteiger partial charge is 0.149 e. The molecule has 7 heavy (non-hydrogen) atoms. The highest BCUT2D eigenvalue weighted by Gasteiger charge is 1.87. The van der Waals surface area contributed by atoms with Crippen LogP contribution in [-0.4, -0.2) is 11.5 Å². The first-order chi connectivity index (χ1) is 3.50. The maximum absolute atomic E-state index is 3.08. The number of rotatable bonds is 0. The van der Waals surface area contributed by atoms with E-state index in [9.17, 15) is 0 Å². The highest BCUT2D eigenvalue weighted by molar-refractivity contribution is 7.99. The first kappa shape index (κ1) is 5.05. The van der Waals surface area contributed by atoms with Gasteiger partial charge < -0.3 is 0 Å². The Morgan fingerprint density at radius 1 is 1.29 bits per heavy atom. The molecule has 0 amide bonds. The molecule has 0 aliphatic carbocycles. The molecule has 0 spiro atoms. The van der Waals surface area contributed by atoms with Crippen LogP contribution in [0.15, 0.2) is 0 Å². The molecule has 1 heterocycles. The van der Waals surface area contributed by atoms with Crippen LogP contribution in [0.5, 0.6) is 0 Å². The lowest BCUT2D eigenvalue weighted by atomic mass is 10.3. The molecule has 38 valence electrons. The average Bonchev–Trinajstić information content (AvgIpc) is 1.90. The molecule has 0 aromatic rings. The molecule has 0 aromatic carbocycles. The second-order valence-electron chi connectivity index (χ2n) is 1.51. The van der Waals surface area contributed by atoms with Crippen molar-refractivity contribution < 1.29 is 0 Å². The molecule has 0 saturated heterocycles. The fourth-order valence-corrected chi connectivity index (χ4v) is 1.22. The summed E-state index contributed by atoms with van der Waals surface area (Å²) in [6, 6.07) is 0. The summed E-state index contributed by atoms with van der Waals surface area (Å²) in [5, 5.41) is 0. The molecule has 1 heteroatoms. The standard InChI is InChI=1S/C6H8S/c1-2-4-6-7-5-3-1/h1,3,5-6H2. The van der Waals surface area contributed by atoms with Gasteiger partial charge in [-0.25, -0.2) is 0 Å². The third-order valence-electron chi connectivity index (χ3n) is 0.890. The predicted octanol–water partition coefficient (Wildman–Crippen LogP) is 1.52. The van der Waals surface area contributed by atoms with Gasteiger partial charge in [0.2, 0.25) is 0 Å². The number of hydrogen-bond donors (Lipinski definition) is 0. The Hall–Kier alpha value is -0.0900. The molecular formula is C6H8S. The predicted molar refractivity (Wildman–Crippen MR) is 34.3 cm³/mol. The van der Waals surface area contributed by atoms with Crippen LogP contribution in [0.2, 0.25) is 0 Å². The maximum atomic E-state index is 3.08. The van der Waals surface area contributed by atoms with Crippen molar-refractivity contribution in [2.75, 3.05) is 11.5 Å². The summed E-state index contributed by atoms with van der Waals surface area (Å²) in [4.78, 5) is 0. The summed E-state index contributed by atoms with van der Waals surface area (Å²) in [6.45, 7) is 0. The first-order valence-corrected chi connectivity index (χ1v) is 3.69. The van der Waals surface area contributed by atoms with E-state index in [1.54, 1.807) is 0 Å². The summed E-state index contributed by atoms with van der Waals surface area (Å²) in [6.07, 6.45) is 2.41. The Morgan fingerprint density at radius 2 is 2.29 bits per heavy atom. The van der Waals surface area contributed by atoms with Crippen molar-refractivity contribution in [3.63, 3.8) is 0 Å². The average molecular weight is 112 g/mol. The lowest BCUT2D eigenvalue weighted by Gasteiger charge is -1.86. The van der Waals surface area contributed by atoms with Crippen LogP contribution in [0, 0.1) is 11.8 Å². The quantitative estimate of drug-likeness (QED) is 0.428. The minimum absolute atomic E-state index is 1.06. The number of hydrogen-bond acceptors (Lipinski definition) is 1. The fourth-order valence-electron chi connectivity index (χ4n) is 0.525. The zero-order valence-electron chi connectivity index (χ0n) is 4.24. The molecule has 0 radical (unpaired) electrons. The molecule has 0 unspecified atom stereocenters. The molecule has 0 bridgehead atoms. The van der Waals surface area contributed by atoms with Gasteiger partial charge in [-0.05, 0) is 12.2 Å². The summed E-state index contributed by atoms with van der Waals surface area (Å²) in [5.41, 5.74) is 0. The minimum Gasteiger partial charge on any atom is -0.149 e. The SMILES string of the molecule is C1#CCSCCC1. The van der Waals surface area contributed by atoms with E-state index in [0.717, 1.165) is 12.2 Å². The van der Waals surface area contributed by atoms with Crippen LogP contribution >= 0.6 is 11.8 Å². The van der Waals surface area contributed by atoms with Crippen LogP contribution in [-0.2, 0) is 0 Å². The van der Waals surface area contributed by atoms with Gasteiger partial charge in [-0.3, -0.25) is 0 Å². The van der Waals surface area contributed by atoms with Gasteiger partial charge in [-0.1, -0.05) is 5.92 Å². The van der Waals surface area contributed by atoms with Crippen molar-refractivity contribution in [2.24, 2.45) is 0 Å². The zero-order valence-corrected chi connectivity index (χ0v) is 5.05. The fraction of sp³-hybridized carbons (Fsp3) is 0.667. The van der Waals surface area contributed by atoms with Crippen molar-refractivity contribution in [3.8, 4) is 11.8 Å². The molecule has 0 N–H and O–H groups in total. The molecule has 0 nitrogen and oxygen atoms in total. The second kappa shape index (κ2) is 2.98. The molecule has 1 aliphatic heterocycles. The third-order valence-corrected chi connectivity index (χ3v) is 1.82. The highest BCUT2D eigenvalue weighted by atomic mass is 32.2. The van der Waals surface area contributed by atoms with E-state index >= 15 is 0 Å². The van der Waals surface area contributed by atoms with E-state index < -0.39 is 0 Å². The van der Waals surface area contributed by atoms with E-state index in [-0.39, 0.29) is 0 Å². The lowest BCUT2D eigenvalue weighted by molar-refractivity contribution is 1.00. The Morgan fingerprint density at radius 3 is 3.29 bits per heavy atom. The van der Waals surface area contributed by atoms with E-state index in [1.807, 2.05) is 11.8 Å². The summed E-state index contributed by atoms with van der Waals surface area (Å²) < 4.78 is 0. The molecule has 1 rings (SSSR count). The van der Waals surface area contributed by atoms with E-state index in [4.69, 9.17) is 0 Å². The molecule has 0 atom stereocenters. The van der Waals surface area contributed by atoms with Crippen molar-refractivity contribution in [3.05, 3.63) is 0 Å². The Labute approximate surface area is 48.7 Å².